The van der Waals surface area contributed by atoms with E-state index in [-0.39, 0.29) is 0 Å². The van der Waals surface area contributed by atoms with Crippen LogP contribution in [0.15, 0.2) is 12.5 Å². The number of nitrogen functional groups attached to an aromatic ring is 1. The van der Waals surface area contributed by atoms with Gasteiger partial charge in [0, 0.05) is 5.56 Å². The van der Waals surface area contributed by atoms with Crippen molar-refractivity contribution in [3.05, 3.63) is 18.1 Å². The summed E-state index contributed by atoms with van der Waals surface area (Å²) >= 11 is 0. The maximum Gasteiger partial charge on any atom is 0.149 e. The van der Waals surface area contributed by atoms with Crippen LogP contribution >= 0.6 is 0 Å². The number of nitrogens with zero attached hydrogens (tertiary/aromatic N) is 2. The van der Waals surface area contributed by atoms with Crippen molar-refractivity contribution in [2.75, 3.05) is 5.73 Å². The molecule has 0 unspecified atom stereocenters. The normalized spacial score (nSPS) is 11.1. The summed E-state index contributed by atoms with van der Waals surface area (Å²) in [5.41, 5.74) is 8.65. The maximum absolute atomic E-state index is 5.77. The monoisotopic (exact) mass is 191 g/mol. The Morgan fingerprint density at radius 3 is 2.79 bits per heavy atom. The highest BCUT2D eigenvalue weighted by Crippen LogP contribution is 2.29. The molecule has 2 aromatic heterocycles. The van der Waals surface area contributed by atoms with Gasteiger partial charge in [0.2, 0.25) is 0 Å². The van der Waals surface area contributed by atoms with Crippen LogP contribution in [-0.4, -0.2) is 20.2 Å². The predicted octanol–water partition coefficient (Wildman–Crippen LogP) is 1.51. The first-order valence-electron chi connectivity index (χ1n) is 4.52. The number of aromatic nitrogens is 4. The molecule has 5 heteroatoms. The summed E-state index contributed by atoms with van der Waals surface area (Å²) in [4.78, 5) is 6.99. The zero-order valence-electron chi connectivity index (χ0n) is 8.20. The van der Waals surface area contributed by atoms with Crippen molar-refractivity contribution < 1.29 is 0 Å². The molecule has 2 aromatic rings. The van der Waals surface area contributed by atoms with Crippen LogP contribution in [0.25, 0.3) is 11.4 Å². The molecule has 0 aliphatic carbocycles. The van der Waals surface area contributed by atoms with E-state index in [0.29, 0.717) is 11.7 Å². The zero-order chi connectivity index (χ0) is 10.1. The number of hydrogen-bond acceptors (Lipinski definition) is 3. The Morgan fingerprint density at radius 1 is 1.43 bits per heavy atom. The lowest BCUT2D eigenvalue weighted by atomic mass is 10.0. The minimum absolute atomic E-state index is 0.340. The third kappa shape index (κ3) is 1.26. The summed E-state index contributed by atoms with van der Waals surface area (Å²) < 4.78 is 0. The van der Waals surface area contributed by atoms with Gasteiger partial charge in [0.05, 0.1) is 23.9 Å². The van der Waals surface area contributed by atoms with E-state index in [9.17, 15) is 0 Å². The Labute approximate surface area is 81.7 Å². The summed E-state index contributed by atoms with van der Waals surface area (Å²) in [6.07, 6.45) is 3.38. The van der Waals surface area contributed by atoms with E-state index >= 15 is 0 Å². The lowest BCUT2D eigenvalue weighted by molar-refractivity contribution is 0.872. The Balaban J connectivity index is 2.54. The first-order valence-corrected chi connectivity index (χ1v) is 4.52. The lowest BCUT2D eigenvalue weighted by Crippen LogP contribution is -1.95. The quantitative estimate of drug-likeness (QED) is 0.672. The van der Waals surface area contributed by atoms with Gasteiger partial charge in [-0.05, 0) is 5.92 Å². The smallest absolute Gasteiger partial charge is 0.149 e. The number of nitrogens with one attached hydrogen (secondary N) is 2. The topological polar surface area (TPSA) is 83.4 Å². The van der Waals surface area contributed by atoms with Gasteiger partial charge in [0.1, 0.15) is 5.82 Å². The minimum Gasteiger partial charge on any atom is -0.382 e. The third-order valence-corrected chi connectivity index (χ3v) is 2.18. The van der Waals surface area contributed by atoms with Crippen LogP contribution in [0.3, 0.4) is 0 Å². The number of rotatable bonds is 2. The van der Waals surface area contributed by atoms with Crippen LogP contribution in [0.2, 0.25) is 0 Å². The summed E-state index contributed by atoms with van der Waals surface area (Å²) in [5, 5.41) is 6.91. The van der Waals surface area contributed by atoms with E-state index < -0.39 is 0 Å². The second kappa shape index (κ2) is 3.17. The highest BCUT2D eigenvalue weighted by atomic mass is 15.2. The van der Waals surface area contributed by atoms with Crippen molar-refractivity contribution >= 4 is 5.82 Å². The van der Waals surface area contributed by atoms with Crippen molar-refractivity contribution in [2.24, 2.45) is 0 Å². The SMILES string of the molecule is CC(C)c1c(N)n[nH]c1-c1cnc[nH]1. The molecule has 0 aliphatic heterocycles. The number of nitrogens with two attached hydrogens (primary N) is 1. The molecule has 5 nitrogen and oxygen atoms in total. The lowest BCUT2D eigenvalue weighted by Gasteiger charge is -2.05. The fraction of sp³-hybridized carbons (Fsp3) is 0.333. The number of hydrogen-bond donors (Lipinski definition) is 3. The molecule has 14 heavy (non-hydrogen) atoms. The molecular formula is C9H13N5. The highest BCUT2D eigenvalue weighted by molar-refractivity contribution is 5.65. The summed E-state index contributed by atoms with van der Waals surface area (Å²) in [6.45, 7) is 4.17. The van der Waals surface area contributed by atoms with E-state index in [4.69, 9.17) is 5.73 Å². The first-order chi connectivity index (χ1) is 6.70. The van der Waals surface area contributed by atoms with E-state index in [1.54, 1.807) is 12.5 Å². The standard InChI is InChI=1S/C9H13N5/c1-5(2)7-8(13-14-9(7)10)6-3-11-4-12-6/h3-5H,1-2H3,(H,11,12)(H3,10,13,14). The van der Waals surface area contributed by atoms with E-state index in [1.807, 2.05) is 0 Å². The Hall–Kier alpha value is -1.78. The molecule has 4 N–H and O–H groups in total. The van der Waals surface area contributed by atoms with Crippen molar-refractivity contribution in [2.45, 2.75) is 19.8 Å². The molecule has 0 fully saturated rings. The number of anilines is 1. The Morgan fingerprint density at radius 2 is 2.21 bits per heavy atom. The van der Waals surface area contributed by atoms with Crippen LogP contribution in [0, 0.1) is 0 Å². The number of aromatic amines is 2. The zero-order valence-corrected chi connectivity index (χ0v) is 8.20. The van der Waals surface area contributed by atoms with Gasteiger partial charge in [-0.3, -0.25) is 5.10 Å². The van der Waals surface area contributed by atoms with E-state index in [0.717, 1.165) is 17.0 Å². The van der Waals surface area contributed by atoms with Crippen LogP contribution in [0.4, 0.5) is 5.82 Å². The molecule has 2 heterocycles. The highest BCUT2D eigenvalue weighted by Gasteiger charge is 2.16. The second-order valence-electron chi connectivity index (χ2n) is 3.52. The van der Waals surface area contributed by atoms with E-state index in [1.165, 1.54) is 0 Å². The molecular weight excluding hydrogens is 178 g/mol. The average molecular weight is 191 g/mol. The summed E-state index contributed by atoms with van der Waals surface area (Å²) in [7, 11) is 0. The van der Waals surface area contributed by atoms with Gasteiger partial charge in [-0.25, -0.2) is 4.98 Å². The fourth-order valence-corrected chi connectivity index (χ4v) is 1.55. The Kier molecular flexibility index (Phi) is 1.99. The predicted molar refractivity (Wildman–Crippen MR) is 54.7 cm³/mol. The maximum atomic E-state index is 5.77. The van der Waals surface area contributed by atoms with Crippen molar-refractivity contribution in [1.82, 2.24) is 20.2 Å². The molecule has 0 aromatic carbocycles. The molecule has 0 spiro atoms. The van der Waals surface area contributed by atoms with Crippen molar-refractivity contribution in [3.63, 3.8) is 0 Å². The van der Waals surface area contributed by atoms with Crippen LogP contribution < -0.4 is 5.73 Å². The molecule has 0 amide bonds. The Bertz CT molecular complexity index is 412. The molecule has 0 radical (unpaired) electrons. The van der Waals surface area contributed by atoms with Crippen LogP contribution in [-0.2, 0) is 0 Å². The van der Waals surface area contributed by atoms with E-state index in [2.05, 4.69) is 34.0 Å². The second-order valence-corrected chi connectivity index (χ2v) is 3.52. The van der Waals surface area contributed by atoms with Gasteiger partial charge in [-0.1, -0.05) is 13.8 Å². The summed E-state index contributed by atoms with van der Waals surface area (Å²) in [6, 6.07) is 0. The molecule has 74 valence electrons. The van der Waals surface area contributed by atoms with Gasteiger partial charge in [-0.15, -0.1) is 0 Å². The fourth-order valence-electron chi connectivity index (χ4n) is 1.55. The first kappa shape index (κ1) is 8.80. The van der Waals surface area contributed by atoms with Gasteiger partial charge >= 0.3 is 0 Å². The molecule has 2 rings (SSSR count). The average Bonchev–Trinajstić information content (AvgIpc) is 2.70. The van der Waals surface area contributed by atoms with Crippen LogP contribution in [0.1, 0.15) is 25.3 Å². The third-order valence-electron chi connectivity index (χ3n) is 2.18. The summed E-state index contributed by atoms with van der Waals surface area (Å²) in [5.74, 6) is 0.900. The van der Waals surface area contributed by atoms with Crippen LogP contribution in [0.5, 0.6) is 0 Å². The molecule has 0 aliphatic rings. The van der Waals surface area contributed by atoms with Gasteiger partial charge in [-0.2, -0.15) is 5.10 Å². The minimum atomic E-state index is 0.340. The number of H-pyrrole nitrogens is 2. The van der Waals surface area contributed by atoms with Crippen molar-refractivity contribution in [1.29, 1.82) is 0 Å². The molecule has 0 bridgehead atoms. The van der Waals surface area contributed by atoms with Gasteiger partial charge < -0.3 is 10.7 Å². The largest absolute Gasteiger partial charge is 0.382 e. The van der Waals surface area contributed by atoms with Gasteiger partial charge in [0.25, 0.3) is 0 Å². The number of imidazole rings is 1. The molecule has 0 atom stereocenters. The molecule has 0 saturated heterocycles. The van der Waals surface area contributed by atoms with Gasteiger partial charge in [0.15, 0.2) is 0 Å². The molecule has 0 saturated carbocycles. The van der Waals surface area contributed by atoms with Crippen molar-refractivity contribution in [3.8, 4) is 11.4 Å².